The molecule has 0 radical (unpaired) electrons. The third kappa shape index (κ3) is 4.24. The average molecular weight is 236 g/mol. The van der Waals surface area contributed by atoms with Crippen LogP contribution >= 0.6 is 0 Å². The molecule has 17 heavy (non-hydrogen) atoms. The number of benzene rings is 1. The van der Waals surface area contributed by atoms with E-state index in [0.29, 0.717) is 6.54 Å². The van der Waals surface area contributed by atoms with Gasteiger partial charge in [0.15, 0.2) is 5.75 Å². The molecule has 0 unspecified atom stereocenters. The third-order valence-corrected chi connectivity index (χ3v) is 2.12. The van der Waals surface area contributed by atoms with Gasteiger partial charge in [-0.2, -0.15) is 0 Å². The van der Waals surface area contributed by atoms with Crippen LogP contribution in [0.15, 0.2) is 36.4 Å². The number of nitro benzene ring substituents is 1. The van der Waals surface area contributed by atoms with E-state index in [1.807, 2.05) is 6.92 Å². The Bertz CT molecular complexity index is 404. The lowest BCUT2D eigenvalue weighted by molar-refractivity contribution is -0.385. The van der Waals surface area contributed by atoms with Crippen LogP contribution in [0.1, 0.15) is 6.92 Å². The van der Waals surface area contributed by atoms with Crippen LogP contribution in [-0.2, 0) is 0 Å². The molecule has 0 aliphatic carbocycles. The number of nitro groups is 1. The molecule has 92 valence electrons. The van der Waals surface area contributed by atoms with Crippen molar-refractivity contribution in [1.82, 2.24) is 5.32 Å². The molecule has 1 aromatic carbocycles. The first-order chi connectivity index (χ1) is 8.15. The molecule has 0 aromatic heterocycles. The van der Waals surface area contributed by atoms with Crippen molar-refractivity contribution >= 4 is 5.69 Å². The lowest BCUT2D eigenvalue weighted by atomic mass is 10.3. The van der Waals surface area contributed by atoms with Gasteiger partial charge in [0.1, 0.15) is 6.61 Å². The minimum atomic E-state index is -0.456. The second-order valence-electron chi connectivity index (χ2n) is 3.54. The maximum absolute atomic E-state index is 10.7. The second-order valence-corrected chi connectivity index (χ2v) is 3.54. The van der Waals surface area contributed by atoms with Crippen LogP contribution in [-0.4, -0.2) is 24.6 Å². The van der Waals surface area contributed by atoms with Gasteiger partial charge in [0.05, 0.1) is 4.92 Å². The number of para-hydroxylation sites is 2. The minimum Gasteiger partial charge on any atom is -0.482 e. The van der Waals surface area contributed by atoms with Crippen molar-refractivity contribution in [3.63, 3.8) is 0 Å². The van der Waals surface area contributed by atoms with Crippen LogP contribution in [0.2, 0.25) is 0 Å². The van der Waals surface area contributed by atoms with E-state index in [2.05, 4.69) is 11.9 Å². The van der Waals surface area contributed by atoms with E-state index < -0.39 is 4.92 Å². The van der Waals surface area contributed by atoms with Crippen molar-refractivity contribution in [2.45, 2.75) is 6.92 Å². The van der Waals surface area contributed by atoms with Gasteiger partial charge < -0.3 is 10.1 Å². The van der Waals surface area contributed by atoms with Crippen LogP contribution in [0.25, 0.3) is 0 Å². The summed E-state index contributed by atoms with van der Waals surface area (Å²) in [5, 5.41) is 13.8. The van der Waals surface area contributed by atoms with E-state index in [1.165, 1.54) is 6.07 Å². The summed E-state index contributed by atoms with van der Waals surface area (Å²) in [7, 11) is 0. The molecule has 0 amide bonds. The highest BCUT2D eigenvalue weighted by Gasteiger charge is 2.13. The molecule has 5 nitrogen and oxygen atoms in total. The van der Waals surface area contributed by atoms with Crippen LogP contribution in [0.4, 0.5) is 5.69 Å². The zero-order valence-corrected chi connectivity index (χ0v) is 9.81. The zero-order chi connectivity index (χ0) is 12.7. The molecule has 1 rings (SSSR count). The second kappa shape index (κ2) is 6.65. The van der Waals surface area contributed by atoms with Gasteiger partial charge in [-0.1, -0.05) is 25.6 Å². The van der Waals surface area contributed by atoms with Gasteiger partial charge in [0.25, 0.3) is 0 Å². The fourth-order valence-electron chi connectivity index (χ4n) is 1.26. The Balaban J connectivity index is 2.57. The topological polar surface area (TPSA) is 64.4 Å². The fourth-order valence-corrected chi connectivity index (χ4v) is 1.26. The molecule has 1 aromatic rings. The minimum absolute atomic E-state index is 0.0243. The molecule has 5 heteroatoms. The number of ether oxygens (including phenoxy) is 1. The fraction of sp³-hybridized carbons (Fsp3) is 0.333. The summed E-state index contributed by atoms with van der Waals surface area (Å²) >= 11 is 0. The molecule has 0 aliphatic rings. The Morgan fingerprint density at radius 1 is 1.53 bits per heavy atom. The molecule has 1 N–H and O–H groups in total. The number of hydrogen-bond donors (Lipinski definition) is 1. The van der Waals surface area contributed by atoms with E-state index in [-0.39, 0.29) is 18.0 Å². The maximum Gasteiger partial charge on any atom is 0.310 e. The Kier molecular flexibility index (Phi) is 5.16. The van der Waals surface area contributed by atoms with E-state index in [9.17, 15) is 10.1 Å². The number of rotatable bonds is 7. The van der Waals surface area contributed by atoms with Crippen molar-refractivity contribution in [1.29, 1.82) is 0 Å². The molecule has 0 fully saturated rings. The van der Waals surface area contributed by atoms with Crippen LogP contribution in [0.5, 0.6) is 5.75 Å². The smallest absolute Gasteiger partial charge is 0.310 e. The summed E-state index contributed by atoms with van der Waals surface area (Å²) < 4.78 is 5.38. The number of hydrogen-bond acceptors (Lipinski definition) is 4. The Morgan fingerprint density at radius 3 is 2.88 bits per heavy atom. The van der Waals surface area contributed by atoms with Crippen molar-refractivity contribution in [3.8, 4) is 5.75 Å². The molecule has 0 spiro atoms. The monoisotopic (exact) mass is 236 g/mol. The van der Waals surface area contributed by atoms with Crippen molar-refractivity contribution in [2.75, 3.05) is 19.7 Å². The summed E-state index contributed by atoms with van der Waals surface area (Å²) in [5.74, 6) is 0.273. The number of likely N-dealkylation sites (N-methyl/N-ethyl adjacent to an activating group) is 1. The summed E-state index contributed by atoms with van der Waals surface area (Å²) in [6.45, 7) is 7.60. The molecule has 0 saturated carbocycles. The highest BCUT2D eigenvalue weighted by molar-refractivity contribution is 5.45. The molecule has 0 bridgehead atoms. The number of nitrogens with one attached hydrogen (secondary N) is 1. The zero-order valence-electron chi connectivity index (χ0n) is 9.81. The van der Waals surface area contributed by atoms with Crippen LogP contribution in [0, 0.1) is 10.1 Å². The first-order valence-corrected chi connectivity index (χ1v) is 5.38. The van der Waals surface area contributed by atoms with Gasteiger partial charge in [0.2, 0.25) is 0 Å². The highest BCUT2D eigenvalue weighted by Crippen LogP contribution is 2.25. The van der Waals surface area contributed by atoms with E-state index in [4.69, 9.17) is 4.74 Å². The first kappa shape index (κ1) is 13.2. The van der Waals surface area contributed by atoms with Crippen LogP contribution in [0.3, 0.4) is 0 Å². The van der Waals surface area contributed by atoms with Crippen molar-refractivity contribution < 1.29 is 9.66 Å². The first-order valence-electron chi connectivity index (χ1n) is 5.38. The molecule has 0 aliphatic heterocycles. The number of nitrogens with zero attached hydrogens (tertiary/aromatic N) is 1. The van der Waals surface area contributed by atoms with Gasteiger partial charge in [-0.3, -0.25) is 10.1 Å². The van der Waals surface area contributed by atoms with Gasteiger partial charge in [0, 0.05) is 12.6 Å². The Morgan fingerprint density at radius 2 is 2.24 bits per heavy atom. The quantitative estimate of drug-likeness (QED) is 0.447. The van der Waals surface area contributed by atoms with Gasteiger partial charge >= 0.3 is 5.69 Å². The summed E-state index contributed by atoms with van der Waals surface area (Å²) in [4.78, 5) is 10.3. The Hall–Kier alpha value is -1.88. The molecule has 0 saturated heterocycles. The van der Waals surface area contributed by atoms with Crippen LogP contribution < -0.4 is 10.1 Å². The molecular formula is C12H16N2O3. The average Bonchev–Trinajstić information content (AvgIpc) is 2.34. The maximum atomic E-state index is 10.7. The van der Waals surface area contributed by atoms with E-state index in [0.717, 1.165) is 12.1 Å². The predicted molar refractivity (Wildman–Crippen MR) is 66.3 cm³/mol. The molecule has 0 atom stereocenters. The largest absolute Gasteiger partial charge is 0.482 e. The van der Waals surface area contributed by atoms with E-state index in [1.54, 1.807) is 18.2 Å². The highest BCUT2D eigenvalue weighted by atomic mass is 16.6. The van der Waals surface area contributed by atoms with Gasteiger partial charge in [-0.15, -0.1) is 0 Å². The lowest BCUT2D eigenvalue weighted by Gasteiger charge is -2.09. The standard InChI is InChI=1S/C12H16N2O3/c1-3-13-8-10(2)9-17-12-7-5-4-6-11(12)14(15)16/h4-7,13H,2-3,8-9H2,1H3. The Labute approximate surface area is 100 Å². The van der Waals surface area contributed by atoms with Crippen molar-refractivity contribution in [2.24, 2.45) is 0 Å². The summed E-state index contributed by atoms with van der Waals surface area (Å²) in [6, 6.07) is 6.31. The van der Waals surface area contributed by atoms with E-state index >= 15 is 0 Å². The third-order valence-electron chi connectivity index (χ3n) is 2.12. The van der Waals surface area contributed by atoms with Gasteiger partial charge in [-0.05, 0) is 18.2 Å². The molecule has 0 heterocycles. The summed E-state index contributed by atoms with van der Waals surface area (Å²) in [5.41, 5.74) is 0.828. The molecular weight excluding hydrogens is 220 g/mol. The predicted octanol–water partition coefficient (Wildman–Crippen LogP) is 2.14. The summed E-state index contributed by atoms with van der Waals surface area (Å²) in [6.07, 6.45) is 0. The lowest BCUT2D eigenvalue weighted by Crippen LogP contribution is -2.19. The van der Waals surface area contributed by atoms with Crippen molar-refractivity contribution in [3.05, 3.63) is 46.5 Å². The normalized spacial score (nSPS) is 9.94. The van der Waals surface area contributed by atoms with Gasteiger partial charge in [-0.25, -0.2) is 0 Å². The SMILES string of the molecule is C=C(CNCC)COc1ccccc1[N+](=O)[O-].